The van der Waals surface area contributed by atoms with Gasteiger partial charge in [-0.15, -0.1) is 0 Å². The van der Waals surface area contributed by atoms with Crippen molar-refractivity contribution in [3.63, 3.8) is 0 Å². The minimum Gasteiger partial charge on any atom is -0.488 e. The first-order valence-corrected chi connectivity index (χ1v) is 13.1. The van der Waals surface area contributed by atoms with Gasteiger partial charge in [0.15, 0.2) is 11.6 Å². The van der Waals surface area contributed by atoms with Gasteiger partial charge in [0.25, 0.3) is 5.91 Å². The summed E-state index contributed by atoms with van der Waals surface area (Å²) in [5.74, 6) is 1.25. The van der Waals surface area contributed by atoms with E-state index in [-0.39, 0.29) is 23.9 Å². The summed E-state index contributed by atoms with van der Waals surface area (Å²) in [7, 11) is 2.11. The Morgan fingerprint density at radius 2 is 1.92 bits per heavy atom. The summed E-state index contributed by atoms with van der Waals surface area (Å²) in [6, 6.07) is 15.2. The molecule has 6 rings (SSSR count). The van der Waals surface area contributed by atoms with Crippen molar-refractivity contribution >= 4 is 11.6 Å². The second-order valence-corrected chi connectivity index (χ2v) is 10.3. The Labute approximate surface area is 225 Å². The van der Waals surface area contributed by atoms with E-state index >= 15 is 0 Å². The summed E-state index contributed by atoms with van der Waals surface area (Å²) >= 11 is 0. The lowest BCUT2D eigenvalue weighted by Gasteiger charge is -2.40. The number of hydrogen-bond acceptors (Lipinski definition) is 7. The van der Waals surface area contributed by atoms with Gasteiger partial charge in [-0.3, -0.25) is 14.9 Å². The first-order valence-electron chi connectivity index (χ1n) is 13.1. The molecule has 2 aliphatic heterocycles. The zero-order chi connectivity index (χ0) is 27.0. The predicted octanol–water partition coefficient (Wildman–Crippen LogP) is 4.29. The molecule has 10 heteroatoms. The van der Waals surface area contributed by atoms with Crippen molar-refractivity contribution in [2.75, 3.05) is 25.5 Å². The molecule has 1 saturated heterocycles. The van der Waals surface area contributed by atoms with E-state index in [1.807, 2.05) is 37.3 Å². The maximum absolute atomic E-state index is 13.7. The van der Waals surface area contributed by atoms with E-state index < -0.39 is 5.54 Å². The number of nitrogens with zero attached hydrogens (tertiary/aromatic N) is 4. The number of piperidine rings is 1. The molecule has 1 amide bonds. The number of ether oxygens (including phenoxy) is 1. The van der Waals surface area contributed by atoms with Gasteiger partial charge in [0.05, 0.1) is 11.6 Å². The molecule has 200 valence electrons. The van der Waals surface area contributed by atoms with E-state index in [9.17, 15) is 9.18 Å². The Morgan fingerprint density at radius 1 is 1.13 bits per heavy atom. The zero-order valence-electron chi connectivity index (χ0n) is 21.8. The number of nitrogens with one attached hydrogen (secondary N) is 3. The molecule has 0 bridgehead atoms. The molecule has 0 radical (unpaired) electrons. The SMILES string of the molecule is CC1Oc2cc(F)ccc2C1NC(=O)c1cccc(NC2(c3nc(-c4ccncc4)n[nH]3)CCN(C)CC2)c1. The van der Waals surface area contributed by atoms with Crippen LogP contribution in [0.4, 0.5) is 10.1 Å². The number of aromatic nitrogens is 4. The predicted molar refractivity (Wildman–Crippen MR) is 145 cm³/mol. The van der Waals surface area contributed by atoms with Gasteiger partial charge < -0.3 is 20.3 Å². The number of aromatic amines is 1. The highest BCUT2D eigenvalue weighted by atomic mass is 19.1. The van der Waals surface area contributed by atoms with Gasteiger partial charge in [0.2, 0.25) is 0 Å². The van der Waals surface area contributed by atoms with Crippen LogP contribution < -0.4 is 15.4 Å². The molecule has 4 aromatic rings. The molecule has 9 nitrogen and oxygen atoms in total. The van der Waals surface area contributed by atoms with E-state index in [0.29, 0.717) is 17.1 Å². The maximum Gasteiger partial charge on any atom is 0.251 e. The third-order valence-corrected chi connectivity index (χ3v) is 7.61. The van der Waals surface area contributed by atoms with E-state index in [1.54, 1.807) is 24.5 Å². The lowest BCUT2D eigenvalue weighted by Crippen LogP contribution is -2.46. The minimum atomic E-state index is -0.475. The van der Waals surface area contributed by atoms with Crippen molar-refractivity contribution in [2.45, 2.75) is 37.5 Å². The Hall–Kier alpha value is -4.31. The van der Waals surface area contributed by atoms with Crippen LogP contribution in [0.1, 0.15) is 47.6 Å². The van der Waals surface area contributed by atoms with E-state index in [2.05, 4.69) is 37.8 Å². The molecule has 2 aromatic heterocycles. The molecule has 1 fully saturated rings. The molecule has 0 aliphatic carbocycles. The monoisotopic (exact) mass is 527 g/mol. The number of amides is 1. The number of halogens is 1. The molecule has 3 N–H and O–H groups in total. The Morgan fingerprint density at radius 3 is 2.72 bits per heavy atom. The standard InChI is InChI=1S/C29H30FN7O2/c1-18-25(23-7-6-21(30)17-24(23)39-18)32-27(38)20-4-3-5-22(16-20)34-29(10-14-37(2)15-11-29)28-33-26(35-36-28)19-8-12-31-13-9-19/h3-9,12-13,16-18,25,34H,10-11,14-15H2,1-2H3,(H,32,38)(H,33,35,36). The van der Waals surface area contributed by atoms with Crippen LogP contribution in [0.15, 0.2) is 67.0 Å². The first-order chi connectivity index (χ1) is 18.9. The van der Waals surface area contributed by atoms with Crippen LogP contribution in [0, 0.1) is 5.82 Å². The summed E-state index contributed by atoms with van der Waals surface area (Å²) in [6.45, 7) is 3.64. The number of benzene rings is 2. The maximum atomic E-state index is 13.7. The van der Waals surface area contributed by atoms with Crippen molar-refractivity contribution in [1.82, 2.24) is 30.4 Å². The van der Waals surface area contributed by atoms with Gasteiger partial charge in [-0.1, -0.05) is 12.1 Å². The summed E-state index contributed by atoms with van der Waals surface area (Å²) < 4.78 is 19.4. The van der Waals surface area contributed by atoms with Crippen LogP contribution in [-0.4, -0.2) is 57.2 Å². The van der Waals surface area contributed by atoms with Gasteiger partial charge in [-0.2, -0.15) is 5.10 Å². The molecule has 2 unspecified atom stereocenters. The number of likely N-dealkylation sites (tertiary alicyclic amines) is 1. The number of hydrogen-bond donors (Lipinski definition) is 3. The fraction of sp³-hybridized carbons (Fsp3) is 0.310. The molecule has 4 heterocycles. The van der Waals surface area contributed by atoms with Gasteiger partial charge in [-0.25, -0.2) is 9.37 Å². The van der Waals surface area contributed by atoms with Crippen molar-refractivity contribution in [2.24, 2.45) is 0 Å². The number of carbonyl (C=O) groups excluding carboxylic acids is 1. The van der Waals surface area contributed by atoms with Gasteiger partial charge in [0.1, 0.15) is 17.7 Å². The van der Waals surface area contributed by atoms with Crippen molar-refractivity contribution in [1.29, 1.82) is 0 Å². The second kappa shape index (κ2) is 10.1. The number of carbonyl (C=O) groups is 1. The van der Waals surface area contributed by atoms with Crippen LogP contribution >= 0.6 is 0 Å². The summed E-state index contributed by atoms with van der Waals surface area (Å²) in [4.78, 5) is 24.5. The summed E-state index contributed by atoms with van der Waals surface area (Å²) in [5, 5.41) is 14.4. The van der Waals surface area contributed by atoms with Gasteiger partial charge in [0, 0.05) is 53.9 Å². The average molecular weight is 528 g/mol. The number of fused-ring (bicyclic) bond motifs is 1. The third kappa shape index (κ3) is 4.95. The van der Waals surface area contributed by atoms with Crippen LogP contribution in [0.3, 0.4) is 0 Å². The molecule has 0 spiro atoms. The van der Waals surface area contributed by atoms with Crippen LogP contribution in [0.2, 0.25) is 0 Å². The van der Waals surface area contributed by atoms with Crippen molar-refractivity contribution in [3.8, 4) is 17.1 Å². The molecule has 2 atom stereocenters. The number of rotatable bonds is 6. The van der Waals surface area contributed by atoms with Crippen LogP contribution in [-0.2, 0) is 5.54 Å². The highest BCUT2D eigenvalue weighted by Crippen LogP contribution is 2.38. The summed E-state index contributed by atoms with van der Waals surface area (Å²) in [5.41, 5.74) is 2.51. The molecular formula is C29H30FN7O2. The van der Waals surface area contributed by atoms with E-state index in [1.165, 1.54) is 12.1 Å². The molecular weight excluding hydrogens is 497 g/mol. The third-order valence-electron chi connectivity index (χ3n) is 7.61. The highest BCUT2D eigenvalue weighted by molar-refractivity contribution is 5.95. The zero-order valence-corrected chi connectivity index (χ0v) is 21.8. The normalized spacial score (nSPS) is 20.2. The van der Waals surface area contributed by atoms with Gasteiger partial charge in [-0.05, 0) is 63.2 Å². The topological polar surface area (TPSA) is 108 Å². The van der Waals surface area contributed by atoms with E-state index in [4.69, 9.17) is 9.72 Å². The average Bonchev–Trinajstić information content (AvgIpc) is 3.56. The lowest BCUT2D eigenvalue weighted by molar-refractivity contribution is 0.0908. The van der Waals surface area contributed by atoms with Crippen molar-refractivity contribution < 1.29 is 13.9 Å². The molecule has 2 aliphatic rings. The van der Waals surface area contributed by atoms with Crippen LogP contribution in [0.5, 0.6) is 5.75 Å². The Bertz CT molecular complexity index is 1480. The Balaban J connectivity index is 1.24. The van der Waals surface area contributed by atoms with Crippen molar-refractivity contribution in [3.05, 3.63) is 89.8 Å². The fourth-order valence-electron chi connectivity index (χ4n) is 5.35. The summed E-state index contributed by atoms with van der Waals surface area (Å²) in [6.07, 6.45) is 4.77. The lowest BCUT2D eigenvalue weighted by atomic mass is 9.86. The number of pyridine rings is 1. The quantitative estimate of drug-likeness (QED) is 0.343. The van der Waals surface area contributed by atoms with Crippen LogP contribution in [0.25, 0.3) is 11.4 Å². The smallest absolute Gasteiger partial charge is 0.251 e. The second-order valence-electron chi connectivity index (χ2n) is 10.3. The molecule has 2 aromatic carbocycles. The minimum absolute atomic E-state index is 0.228. The van der Waals surface area contributed by atoms with E-state index in [0.717, 1.165) is 48.6 Å². The molecule has 0 saturated carbocycles. The molecule has 39 heavy (non-hydrogen) atoms. The fourth-order valence-corrected chi connectivity index (χ4v) is 5.35. The number of H-pyrrole nitrogens is 1. The highest BCUT2D eigenvalue weighted by Gasteiger charge is 2.39. The Kier molecular flexibility index (Phi) is 6.48. The largest absolute Gasteiger partial charge is 0.488 e. The van der Waals surface area contributed by atoms with Gasteiger partial charge >= 0.3 is 0 Å². The first kappa shape index (κ1) is 25.0. The number of anilines is 1.